The van der Waals surface area contributed by atoms with E-state index in [1.807, 2.05) is 13.0 Å². The number of nitrogens with one attached hydrogen (secondary N) is 1. The Morgan fingerprint density at radius 3 is 2.94 bits per heavy atom. The minimum Gasteiger partial charge on any atom is -0.325 e. The maximum Gasteiger partial charge on any atom is 0.255 e. The van der Waals surface area contributed by atoms with Crippen molar-refractivity contribution in [1.29, 1.82) is 0 Å². The molecule has 5 heteroatoms. The fraction of sp³-hybridized carbons (Fsp3) is 0.154. The van der Waals surface area contributed by atoms with Crippen LogP contribution in [0.2, 0.25) is 0 Å². The van der Waals surface area contributed by atoms with Crippen LogP contribution < -0.4 is 11.1 Å². The molecule has 0 aromatic carbocycles. The molecule has 0 spiro atoms. The van der Waals surface area contributed by atoms with Gasteiger partial charge < -0.3 is 11.1 Å². The van der Waals surface area contributed by atoms with Crippen LogP contribution in [0.3, 0.4) is 0 Å². The summed E-state index contributed by atoms with van der Waals surface area (Å²) < 4.78 is 0. The molecule has 0 fully saturated rings. The van der Waals surface area contributed by atoms with Gasteiger partial charge in [0, 0.05) is 24.5 Å². The molecule has 3 N–H and O–H groups in total. The Kier molecular flexibility index (Phi) is 3.64. The quantitative estimate of drug-likeness (QED) is 0.854. The summed E-state index contributed by atoms with van der Waals surface area (Å²) in [5, 5.41) is 2.78. The molecule has 2 heterocycles. The van der Waals surface area contributed by atoms with E-state index in [9.17, 15) is 4.79 Å². The van der Waals surface area contributed by atoms with Crippen LogP contribution in [0.25, 0.3) is 0 Å². The van der Waals surface area contributed by atoms with E-state index in [4.69, 9.17) is 5.73 Å². The fourth-order valence-electron chi connectivity index (χ4n) is 1.56. The lowest BCUT2D eigenvalue weighted by Crippen LogP contribution is -2.13. The highest BCUT2D eigenvalue weighted by atomic mass is 16.1. The van der Waals surface area contributed by atoms with Gasteiger partial charge in [-0.15, -0.1) is 0 Å². The van der Waals surface area contributed by atoms with Crippen LogP contribution in [0.1, 0.15) is 21.6 Å². The molecule has 2 aromatic heterocycles. The molecule has 0 atom stereocenters. The van der Waals surface area contributed by atoms with Gasteiger partial charge in [-0.1, -0.05) is 0 Å². The molecule has 92 valence electrons. The molecule has 2 rings (SSSR count). The van der Waals surface area contributed by atoms with Gasteiger partial charge >= 0.3 is 0 Å². The fourth-order valence-corrected chi connectivity index (χ4v) is 1.56. The topological polar surface area (TPSA) is 80.9 Å². The molecule has 0 radical (unpaired) electrons. The third-order valence-electron chi connectivity index (χ3n) is 2.42. The van der Waals surface area contributed by atoms with Crippen molar-refractivity contribution in [1.82, 2.24) is 9.97 Å². The number of pyridine rings is 2. The molecular formula is C13H14N4O. The highest BCUT2D eigenvalue weighted by molar-refractivity contribution is 6.04. The van der Waals surface area contributed by atoms with Crippen molar-refractivity contribution in [2.75, 3.05) is 5.32 Å². The van der Waals surface area contributed by atoms with Gasteiger partial charge in [-0.05, 0) is 30.7 Å². The second kappa shape index (κ2) is 5.37. The molecule has 18 heavy (non-hydrogen) atoms. The number of carbonyl (C=O) groups excluding carboxylic acids is 1. The molecule has 0 bridgehead atoms. The number of amides is 1. The highest BCUT2D eigenvalue weighted by Crippen LogP contribution is 2.10. The zero-order valence-electron chi connectivity index (χ0n) is 10.1. The SMILES string of the molecule is Cc1cncc(NC(=O)c2ccnc(CN)c2)c1. The number of nitrogens with two attached hydrogens (primary N) is 1. The predicted molar refractivity (Wildman–Crippen MR) is 69.1 cm³/mol. The van der Waals surface area contributed by atoms with Gasteiger partial charge in [0.1, 0.15) is 0 Å². The molecule has 0 saturated carbocycles. The average molecular weight is 242 g/mol. The first-order valence-corrected chi connectivity index (χ1v) is 5.57. The molecule has 5 nitrogen and oxygen atoms in total. The van der Waals surface area contributed by atoms with Gasteiger partial charge in [-0.3, -0.25) is 14.8 Å². The van der Waals surface area contributed by atoms with Gasteiger partial charge in [0.15, 0.2) is 0 Å². The highest BCUT2D eigenvalue weighted by Gasteiger charge is 2.07. The maximum atomic E-state index is 12.0. The number of hydrogen-bond donors (Lipinski definition) is 2. The van der Waals surface area contributed by atoms with E-state index in [2.05, 4.69) is 15.3 Å². The second-order valence-corrected chi connectivity index (χ2v) is 3.95. The summed E-state index contributed by atoms with van der Waals surface area (Å²) in [5.74, 6) is -0.195. The van der Waals surface area contributed by atoms with Crippen LogP contribution in [0.4, 0.5) is 5.69 Å². The van der Waals surface area contributed by atoms with E-state index in [1.165, 1.54) is 0 Å². The summed E-state index contributed by atoms with van der Waals surface area (Å²) in [5.41, 5.74) is 8.37. The van der Waals surface area contributed by atoms with Crippen LogP contribution in [0.5, 0.6) is 0 Å². The van der Waals surface area contributed by atoms with Gasteiger partial charge in [-0.2, -0.15) is 0 Å². The van der Waals surface area contributed by atoms with Crippen molar-refractivity contribution in [2.45, 2.75) is 13.5 Å². The molecule has 1 amide bonds. The first-order chi connectivity index (χ1) is 8.69. The number of aryl methyl sites for hydroxylation is 1. The summed E-state index contributed by atoms with van der Waals surface area (Å²) in [4.78, 5) is 20.0. The average Bonchev–Trinajstić information content (AvgIpc) is 2.39. The molecular weight excluding hydrogens is 228 g/mol. The van der Waals surface area contributed by atoms with Crippen LogP contribution in [0.15, 0.2) is 36.8 Å². The Labute approximate surface area is 105 Å². The number of hydrogen-bond acceptors (Lipinski definition) is 4. The Morgan fingerprint density at radius 2 is 2.22 bits per heavy atom. The number of aromatic nitrogens is 2. The first-order valence-electron chi connectivity index (χ1n) is 5.57. The summed E-state index contributed by atoms with van der Waals surface area (Å²) in [6.07, 6.45) is 4.91. The van der Waals surface area contributed by atoms with Crippen molar-refractivity contribution < 1.29 is 4.79 Å². The largest absolute Gasteiger partial charge is 0.325 e. The van der Waals surface area contributed by atoms with Crippen molar-refractivity contribution in [3.05, 3.63) is 53.6 Å². The molecule has 0 aliphatic heterocycles. The zero-order valence-corrected chi connectivity index (χ0v) is 10.1. The molecule has 0 saturated heterocycles. The van der Waals surface area contributed by atoms with Crippen molar-refractivity contribution in [2.24, 2.45) is 5.73 Å². The zero-order chi connectivity index (χ0) is 13.0. The lowest BCUT2D eigenvalue weighted by molar-refractivity contribution is 0.102. The van der Waals surface area contributed by atoms with E-state index in [1.54, 1.807) is 30.7 Å². The second-order valence-electron chi connectivity index (χ2n) is 3.95. The van der Waals surface area contributed by atoms with Gasteiger partial charge in [0.25, 0.3) is 5.91 Å². The summed E-state index contributed by atoms with van der Waals surface area (Å²) in [6, 6.07) is 5.19. The van der Waals surface area contributed by atoms with E-state index in [-0.39, 0.29) is 5.91 Å². The van der Waals surface area contributed by atoms with E-state index in [0.29, 0.717) is 23.5 Å². The monoisotopic (exact) mass is 242 g/mol. The third-order valence-corrected chi connectivity index (χ3v) is 2.42. The lowest BCUT2D eigenvalue weighted by Gasteiger charge is -2.06. The van der Waals surface area contributed by atoms with Crippen LogP contribution in [-0.4, -0.2) is 15.9 Å². The van der Waals surface area contributed by atoms with E-state index < -0.39 is 0 Å². The minimum atomic E-state index is -0.195. The Morgan fingerprint density at radius 1 is 1.39 bits per heavy atom. The molecule has 0 aliphatic rings. The van der Waals surface area contributed by atoms with E-state index >= 15 is 0 Å². The van der Waals surface area contributed by atoms with Crippen molar-refractivity contribution >= 4 is 11.6 Å². The van der Waals surface area contributed by atoms with Crippen LogP contribution >= 0.6 is 0 Å². The van der Waals surface area contributed by atoms with Gasteiger partial charge in [0.05, 0.1) is 17.6 Å². The summed E-state index contributed by atoms with van der Waals surface area (Å²) in [6.45, 7) is 2.23. The predicted octanol–water partition coefficient (Wildman–Crippen LogP) is 1.50. The number of rotatable bonds is 3. The van der Waals surface area contributed by atoms with Gasteiger partial charge in [-0.25, -0.2) is 0 Å². The first kappa shape index (κ1) is 12.2. The minimum absolute atomic E-state index is 0.195. The smallest absolute Gasteiger partial charge is 0.255 e. The Hall–Kier alpha value is -2.27. The maximum absolute atomic E-state index is 12.0. The standard InChI is InChI=1S/C13H14N4O/c1-9-4-12(8-15-7-9)17-13(18)10-2-3-16-11(5-10)6-14/h2-5,7-8H,6,14H2,1H3,(H,17,18). The Balaban J connectivity index is 2.16. The Bertz CT molecular complexity index is 568. The van der Waals surface area contributed by atoms with Gasteiger partial charge in [0.2, 0.25) is 0 Å². The van der Waals surface area contributed by atoms with E-state index in [0.717, 1.165) is 5.56 Å². The molecule has 0 aliphatic carbocycles. The van der Waals surface area contributed by atoms with Crippen LogP contribution in [0, 0.1) is 6.92 Å². The lowest BCUT2D eigenvalue weighted by atomic mass is 10.2. The molecule has 2 aromatic rings. The van der Waals surface area contributed by atoms with Crippen LogP contribution in [-0.2, 0) is 6.54 Å². The third kappa shape index (κ3) is 2.89. The van der Waals surface area contributed by atoms with Crippen molar-refractivity contribution in [3.63, 3.8) is 0 Å². The summed E-state index contributed by atoms with van der Waals surface area (Å²) >= 11 is 0. The number of anilines is 1. The molecule has 0 unspecified atom stereocenters. The summed E-state index contributed by atoms with van der Waals surface area (Å²) in [7, 11) is 0. The normalized spacial score (nSPS) is 10.1. The number of nitrogens with zero attached hydrogens (tertiary/aromatic N) is 2. The van der Waals surface area contributed by atoms with Crippen molar-refractivity contribution in [3.8, 4) is 0 Å². The number of carbonyl (C=O) groups is 1.